The Balaban J connectivity index is 1.45. The highest BCUT2D eigenvalue weighted by Crippen LogP contribution is 2.32. The van der Waals surface area contributed by atoms with Crippen LogP contribution < -0.4 is 10.1 Å². The molecule has 0 radical (unpaired) electrons. The minimum absolute atomic E-state index is 0.130. The molecule has 2 atom stereocenters. The van der Waals surface area contributed by atoms with Gasteiger partial charge in [-0.2, -0.15) is 0 Å². The maximum atomic E-state index is 12.6. The van der Waals surface area contributed by atoms with E-state index in [1.54, 1.807) is 38.1 Å². The van der Waals surface area contributed by atoms with Crippen molar-refractivity contribution in [3.05, 3.63) is 94.8 Å². The van der Waals surface area contributed by atoms with E-state index in [9.17, 15) is 14.7 Å². The summed E-state index contributed by atoms with van der Waals surface area (Å²) in [5, 5.41) is 16.7. The maximum absolute atomic E-state index is 12.6. The van der Waals surface area contributed by atoms with E-state index >= 15 is 0 Å². The van der Waals surface area contributed by atoms with E-state index in [1.807, 2.05) is 36.4 Å². The van der Waals surface area contributed by atoms with E-state index in [0.717, 1.165) is 5.56 Å². The molecule has 2 N–H and O–H groups in total. The standard InChI is InChI=1S/C27H24ClN3O6/c1-16-24(30-27(34)35-17(2)20-10-6-7-11-21(20)28)25(37-31-16)19-12-13-23(29-15-19)36-22(26(32)33)14-18-8-4-3-5-9-18/h3-13,15,17,22H,14H2,1-2H3,(H,30,34)(H,32,33). The van der Waals surface area contributed by atoms with Crippen LogP contribution in [0.25, 0.3) is 11.3 Å². The molecule has 0 aliphatic rings. The number of rotatable bonds is 9. The first-order chi connectivity index (χ1) is 17.8. The Morgan fingerprint density at radius 3 is 2.49 bits per heavy atom. The van der Waals surface area contributed by atoms with Gasteiger partial charge in [0.2, 0.25) is 12.0 Å². The molecule has 4 rings (SSSR count). The second kappa shape index (κ2) is 11.6. The average Bonchev–Trinajstić information content (AvgIpc) is 3.24. The molecule has 2 aromatic carbocycles. The van der Waals surface area contributed by atoms with Gasteiger partial charge in [-0.1, -0.05) is 65.3 Å². The van der Waals surface area contributed by atoms with Gasteiger partial charge >= 0.3 is 12.1 Å². The molecule has 2 unspecified atom stereocenters. The molecule has 0 spiro atoms. The fourth-order valence-electron chi connectivity index (χ4n) is 3.61. The highest BCUT2D eigenvalue weighted by molar-refractivity contribution is 6.31. The number of benzene rings is 2. The summed E-state index contributed by atoms with van der Waals surface area (Å²) in [6, 6.07) is 19.4. The lowest BCUT2D eigenvalue weighted by atomic mass is 10.1. The Bertz CT molecular complexity index is 1370. The second-order valence-corrected chi connectivity index (χ2v) is 8.59. The molecule has 2 heterocycles. The van der Waals surface area contributed by atoms with Crippen molar-refractivity contribution in [1.82, 2.24) is 10.1 Å². The SMILES string of the molecule is Cc1noc(-c2ccc(OC(Cc3ccccc3)C(=O)O)nc2)c1NC(=O)OC(C)c1ccccc1Cl. The average molecular weight is 522 g/mol. The third kappa shape index (κ3) is 6.45. The Hall–Kier alpha value is -4.37. The number of carboxylic acids is 1. The third-order valence-corrected chi connectivity index (χ3v) is 5.86. The molecule has 190 valence electrons. The van der Waals surface area contributed by atoms with Gasteiger partial charge in [-0.15, -0.1) is 0 Å². The van der Waals surface area contributed by atoms with Crippen molar-refractivity contribution >= 4 is 29.4 Å². The number of ether oxygens (including phenoxy) is 2. The fourth-order valence-corrected chi connectivity index (χ4v) is 3.90. The first-order valence-electron chi connectivity index (χ1n) is 11.4. The van der Waals surface area contributed by atoms with Crippen LogP contribution in [0, 0.1) is 6.92 Å². The van der Waals surface area contributed by atoms with E-state index in [4.69, 9.17) is 25.6 Å². The number of nitrogens with zero attached hydrogens (tertiary/aromatic N) is 2. The number of aromatic nitrogens is 2. The van der Waals surface area contributed by atoms with Crippen LogP contribution in [0.3, 0.4) is 0 Å². The molecule has 0 saturated heterocycles. The number of anilines is 1. The van der Waals surface area contributed by atoms with E-state index in [-0.39, 0.29) is 18.1 Å². The van der Waals surface area contributed by atoms with Crippen molar-refractivity contribution in [2.75, 3.05) is 5.32 Å². The summed E-state index contributed by atoms with van der Waals surface area (Å²) in [5.41, 5.74) is 2.76. The Labute approximate surface area is 218 Å². The normalized spacial score (nSPS) is 12.4. The number of amides is 1. The number of aryl methyl sites for hydroxylation is 1. The third-order valence-electron chi connectivity index (χ3n) is 5.52. The number of hydrogen-bond donors (Lipinski definition) is 2. The first-order valence-corrected chi connectivity index (χ1v) is 11.8. The summed E-state index contributed by atoms with van der Waals surface area (Å²) >= 11 is 6.19. The first kappa shape index (κ1) is 25.7. The maximum Gasteiger partial charge on any atom is 0.412 e. The summed E-state index contributed by atoms with van der Waals surface area (Å²) in [4.78, 5) is 28.5. The molecular formula is C27H24ClN3O6. The summed E-state index contributed by atoms with van der Waals surface area (Å²) in [5.74, 6) is -0.708. The van der Waals surface area contributed by atoms with Crippen molar-refractivity contribution < 1.29 is 28.7 Å². The lowest BCUT2D eigenvalue weighted by Gasteiger charge is -2.15. The lowest BCUT2D eigenvalue weighted by molar-refractivity contribution is -0.145. The van der Waals surface area contributed by atoms with Gasteiger partial charge in [-0.05, 0) is 31.5 Å². The van der Waals surface area contributed by atoms with Crippen LogP contribution in [0.5, 0.6) is 5.88 Å². The largest absolute Gasteiger partial charge is 0.478 e. The van der Waals surface area contributed by atoms with Gasteiger partial charge in [0.1, 0.15) is 17.5 Å². The van der Waals surface area contributed by atoms with Crippen LogP contribution in [0.15, 0.2) is 77.4 Å². The van der Waals surface area contributed by atoms with Crippen LogP contribution >= 0.6 is 11.6 Å². The monoisotopic (exact) mass is 521 g/mol. The molecule has 0 fully saturated rings. The molecule has 10 heteroatoms. The van der Waals surface area contributed by atoms with Crippen LogP contribution in [-0.4, -0.2) is 33.4 Å². The van der Waals surface area contributed by atoms with Gasteiger partial charge in [0.05, 0.1) is 0 Å². The molecule has 0 saturated carbocycles. The van der Waals surface area contributed by atoms with E-state index < -0.39 is 24.3 Å². The Kier molecular flexibility index (Phi) is 8.05. The van der Waals surface area contributed by atoms with Gasteiger partial charge in [-0.3, -0.25) is 5.32 Å². The minimum Gasteiger partial charge on any atom is -0.478 e. The smallest absolute Gasteiger partial charge is 0.412 e. The molecule has 0 aliphatic heterocycles. The summed E-state index contributed by atoms with van der Waals surface area (Å²) in [6.07, 6.45) is -0.782. The van der Waals surface area contributed by atoms with Crippen molar-refractivity contribution in [3.8, 4) is 17.2 Å². The molecule has 9 nitrogen and oxygen atoms in total. The number of nitrogens with one attached hydrogen (secondary N) is 1. The number of hydrogen-bond acceptors (Lipinski definition) is 7. The van der Waals surface area contributed by atoms with Gasteiger partial charge in [0.25, 0.3) is 0 Å². The number of pyridine rings is 1. The predicted octanol–water partition coefficient (Wildman–Crippen LogP) is 6.08. The van der Waals surface area contributed by atoms with Crippen molar-refractivity contribution in [2.24, 2.45) is 0 Å². The molecule has 1 amide bonds. The highest BCUT2D eigenvalue weighted by atomic mass is 35.5. The number of carbonyl (C=O) groups is 2. The molecular weight excluding hydrogens is 498 g/mol. The second-order valence-electron chi connectivity index (χ2n) is 8.19. The van der Waals surface area contributed by atoms with Gasteiger partial charge < -0.3 is 19.1 Å². The van der Waals surface area contributed by atoms with Crippen molar-refractivity contribution in [3.63, 3.8) is 0 Å². The van der Waals surface area contributed by atoms with E-state index in [0.29, 0.717) is 27.5 Å². The van der Waals surface area contributed by atoms with Crippen LogP contribution in [-0.2, 0) is 16.0 Å². The Morgan fingerprint density at radius 1 is 1.08 bits per heavy atom. The number of carbonyl (C=O) groups excluding carboxylic acids is 1. The zero-order chi connectivity index (χ0) is 26.4. The van der Waals surface area contributed by atoms with E-state index in [1.165, 1.54) is 12.3 Å². The fraction of sp³-hybridized carbons (Fsp3) is 0.185. The Morgan fingerprint density at radius 2 is 1.81 bits per heavy atom. The van der Waals surface area contributed by atoms with E-state index in [2.05, 4.69) is 15.5 Å². The summed E-state index contributed by atoms with van der Waals surface area (Å²) < 4.78 is 16.5. The lowest BCUT2D eigenvalue weighted by Crippen LogP contribution is -2.29. The number of aliphatic carboxylic acids is 1. The number of halogens is 1. The van der Waals surface area contributed by atoms with Crippen LogP contribution in [0.4, 0.5) is 10.5 Å². The molecule has 4 aromatic rings. The van der Waals surface area contributed by atoms with Gasteiger partial charge in [-0.25, -0.2) is 14.6 Å². The molecule has 0 aliphatic carbocycles. The highest BCUT2D eigenvalue weighted by Gasteiger charge is 2.23. The van der Waals surface area contributed by atoms with Crippen molar-refractivity contribution in [2.45, 2.75) is 32.5 Å². The zero-order valence-corrected chi connectivity index (χ0v) is 20.8. The molecule has 0 bridgehead atoms. The minimum atomic E-state index is -1.11. The van der Waals surface area contributed by atoms with Gasteiger partial charge in [0.15, 0.2) is 5.76 Å². The van der Waals surface area contributed by atoms with Crippen molar-refractivity contribution in [1.29, 1.82) is 0 Å². The van der Waals surface area contributed by atoms with Crippen LogP contribution in [0.1, 0.15) is 29.8 Å². The number of carboxylic acid groups (broad SMARTS) is 1. The molecule has 37 heavy (non-hydrogen) atoms. The summed E-state index contributed by atoms with van der Waals surface area (Å²) in [7, 11) is 0. The quantitative estimate of drug-likeness (QED) is 0.271. The predicted molar refractivity (Wildman–Crippen MR) is 137 cm³/mol. The van der Waals surface area contributed by atoms with Crippen LogP contribution in [0.2, 0.25) is 5.02 Å². The summed E-state index contributed by atoms with van der Waals surface area (Å²) in [6.45, 7) is 3.39. The topological polar surface area (TPSA) is 124 Å². The molecule has 2 aromatic heterocycles. The zero-order valence-electron chi connectivity index (χ0n) is 20.1. The van der Waals surface area contributed by atoms with Gasteiger partial charge in [0, 0.05) is 34.8 Å².